The number of rotatable bonds is 5. The molecule has 3 aromatic carbocycles. The number of nitrogens with zero attached hydrogens (tertiary/aromatic N) is 2. The first-order chi connectivity index (χ1) is 21.3. The molecule has 3 fully saturated rings. The smallest absolute Gasteiger partial charge is 0.308 e. The van der Waals surface area contributed by atoms with Crippen LogP contribution < -0.4 is 15.1 Å². The molecule has 10 heteroatoms. The molecule has 4 aliphatic rings. The van der Waals surface area contributed by atoms with Gasteiger partial charge in [-0.2, -0.15) is 0 Å². The van der Waals surface area contributed by atoms with Gasteiger partial charge in [-0.25, -0.2) is 0 Å². The molecule has 44 heavy (non-hydrogen) atoms. The minimum Gasteiger partial charge on any atom is -0.325 e. The predicted octanol–water partition coefficient (Wildman–Crippen LogP) is 6.19. The van der Waals surface area contributed by atoms with Crippen molar-refractivity contribution in [1.29, 1.82) is 0 Å². The van der Waals surface area contributed by atoms with Crippen molar-refractivity contribution in [1.82, 2.24) is 4.57 Å². The molecule has 1 N–H and O–H groups in total. The van der Waals surface area contributed by atoms with Crippen LogP contribution in [0.2, 0.25) is 5.02 Å². The zero-order chi connectivity index (χ0) is 30.3. The van der Waals surface area contributed by atoms with Crippen molar-refractivity contribution in [3.8, 4) is 0 Å². The highest BCUT2D eigenvalue weighted by atomic mass is 35.5. The third-order valence-corrected chi connectivity index (χ3v) is 12.8. The second-order valence-electron chi connectivity index (χ2n) is 12.2. The zero-order valence-electron chi connectivity index (χ0n) is 23.7. The number of carbonyl (C=O) groups is 3. The van der Waals surface area contributed by atoms with Crippen LogP contribution in [-0.4, -0.2) is 27.5 Å². The number of aromatic nitrogens is 1. The van der Waals surface area contributed by atoms with Crippen LogP contribution in [-0.2, 0) is 20.9 Å². The molecule has 2 aliphatic carbocycles. The number of anilines is 2. The lowest BCUT2D eigenvalue weighted by atomic mass is 9.68. The molecule has 3 amide bonds. The molecule has 8 rings (SSSR count). The molecular weight excluding hydrogens is 614 g/mol. The molecular formula is C34H28ClN3O4S2. The Morgan fingerprint density at radius 3 is 2.39 bits per heavy atom. The Bertz CT molecular complexity index is 1890. The van der Waals surface area contributed by atoms with Crippen LogP contribution in [0.4, 0.5) is 11.4 Å². The maximum absolute atomic E-state index is 13.9. The lowest BCUT2D eigenvalue weighted by molar-refractivity contribution is -0.123. The van der Waals surface area contributed by atoms with Crippen molar-refractivity contribution < 1.29 is 14.4 Å². The summed E-state index contributed by atoms with van der Waals surface area (Å²) in [6, 6.07) is 24.5. The number of imide groups is 1. The molecule has 2 saturated carbocycles. The van der Waals surface area contributed by atoms with Gasteiger partial charge in [0.1, 0.15) is 6.54 Å². The third kappa shape index (κ3) is 4.24. The Hall–Kier alpha value is -3.66. The number of amides is 3. The largest absolute Gasteiger partial charge is 0.325 e. The molecule has 7 nitrogen and oxygen atoms in total. The van der Waals surface area contributed by atoms with E-state index in [0.717, 1.165) is 27.5 Å². The summed E-state index contributed by atoms with van der Waals surface area (Å²) < 4.78 is 1.59. The maximum Gasteiger partial charge on any atom is 0.308 e. The number of halogens is 1. The molecule has 4 aromatic rings. The minimum absolute atomic E-state index is 0.00214. The Morgan fingerprint density at radius 2 is 1.66 bits per heavy atom. The number of thioether (sulfide) groups is 1. The Morgan fingerprint density at radius 1 is 0.932 bits per heavy atom. The molecule has 1 aromatic heterocycles. The van der Waals surface area contributed by atoms with Crippen LogP contribution in [0, 0.1) is 36.5 Å². The van der Waals surface area contributed by atoms with E-state index in [0.29, 0.717) is 16.4 Å². The Kier molecular flexibility index (Phi) is 6.63. The lowest BCUT2D eigenvalue weighted by Gasteiger charge is -2.43. The Balaban J connectivity index is 1.18. The summed E-state index contributed by atoms with van der Waals surface area (Å²) in [7, 11) is 0. The van der Waals surface area contributed by atoms with Gasteiger partial charge in [-0.05, 0) is 78.6 Å². The van der Waals surface area contributed by atoms with Gasteiger partial charge in [0.2, 0.25) is 17.7 Å². The normalized spacial score (nSPS) is 28.1. The van der Waals surface area contributed by atoms with Gasteiger partial charge in [-0.1, -0.05) is 65.4 Å². The number of aryl methyl sites for hydroxylation is 1. The highest BCUT2D eigenvalue weighted by Crippen LogP contribution is 2.69. The highest BCUT2D eigenvalue weighted by Gasteiger charge is 2.69. The molecule has 0 radical (unpaired) electrons. The number of carbonyl (C=O) groups excluding carboxylic acids is 3. The standard InChI is InChI=1S/C34H28ClN3O4S2/c1-17-6-5-7-20(14-17)36-24(39)16-37-33-30(44-34(37)42)25(18-10-12-19(35)13-11-18)26-22-15-23(29(26)43-33)28-27(22)31(40)38(32(28)41)21-8-3-2-4-9-21/h2-14,22-23,25-29H,15-16H2,1H3,(H,36,39). The van der Waals surface area contributed by atoms with Crippen molar-refractivity contribution in [3.63, 3.8) is 0 Å². The summed E-state index contributed by atoms with van der Waals surface area (Å²) in [4.78, 5) is 56.7. The number of para-hydroxylation sites is 1. The average molecular weight is 642 g/mol. The summed E-state index contributed by atoms with van der Waals surface area (Å²) in [5.41, 5.74) is 3.36. The second-order valence-corrected chi connectivity index (χ2v) is 14.8. The van der Waals surface area contributed by atoms with Crippen LogP contribution in [0.25, 0.3) is 0 Å². The maximum atomic E-state index is 13.9. The highest BCUT2D eigenvalue weighted by molar-refractivity contribution is 8.00. The average Bonchev–Trinajstić information content (AvgIpc) is 3.73. The van der Waals surface area contributed by atoms with E-state index >= 15 is 0 Å². The van der Waals surface area contributed by atoms with E-state index in [9.17, 15) is 19.2 Å². The van der Waals surface area contributed by atoms with Crippen molar-refractivity contribution in [3.05, 3.63) is 110 Å². The fourth-order valence-corrected chi connectivity index (χ4v) is 11.5. The molecule has 2 bridgehead atoms. The van der Waals surface area contributed by atoms with Crippen LogP contribution in [0.15, 0.2) is 88.7 Å². The molecule has 7 atom stereocenters. The van der Waals surface area contributed by atoms with Gasteiger partial charge in [0.25, 0.3) is 0 Å². The van der Waals surface area contributed by atoms with E-state index in [1.807, 2.05) is 85.8 Å². The van der Waals surface area contributed by atoms with Crippen LogP contribution in [0.5, 0.6) is 0 Å². The van der Waals surface area contributed by atoms with E-state index in [2.05, 4.69) is 5.32 Å². The summed E-state index contributed by atoms with van der Waals surface area (Å²) in [5.74, 6) is -1.31. The fraction of sp³-hybridized carbons (Fsp3) is 0.294. The number of benzene rings is 3. The SMILES string of the molecule is Cc1cccc(NC(=O)Cn2c3c(sc2=O)C(c2ccc(Cl)cc2)C2C4CC(C2S3)C2C(=O)N(c3ccccc3)C(=O)C42)c1. The molecule has 3 heterocycles. The number of fused-ring (bicyclic) bond motifs is 9. The van der Waals surface area contributed by atoms with Gasteiger partial charge in [0.15, 0.2) is 0 Å². The monoisotopic (exact) mass is 641 g/mol. The van der Waals surface area contributed by atoms with Crippen LogP contribution in [0.1, 0.15) is 28.3 Å². The van der Waals surface area contributed by atoms with Crippen molar-refractivity contribution in [2.45, 2.75) is 36.1 Å². The summed E-state index contributed by atoms with van der Waals surface area (Å²) in [6.45, 7) is 1.86. The van der Waals surface area contributed by atoms with E-state index < -0.39 is 0 Å². The van der Waals surface area contributed by atoms with Crippen molar-refractivity contribution >= 4 is 63.8 Å². The van der Waals surface area contributed by atoms with Gasteiger partial charge in [0, 0.05) is 26.8 Å². The Labute approximate surface area is 267 Å². The second kappa shape index (κ2) is 10.5. The first kappa shape index (κ1) is 27.9. The van der Waals surface area contributed by atoms with Gasteiger partial charge in [0.05, 0.1) is 22.5 Å². The third-order valence-electron chi connectivity index (χ3n) is 9.80. The molecule has 222 valence electrons. The van der Waals surface area contributed by atoms with Crippen molar-refractivity contribution in [2.24, 2.45) is 29.6 Å². The lowest BCUT2D eigenvalue weighted by Crippen LogP contribution is -2.43. The predicted molar refractivity (Wildman–Crippen MR) is 172 cm³/mol. The van der Waals surface area contributed by atoms with Crippen LogP contribution in [0.3, 0.4) is 0 Å². The first-order valence-electron chi connectivity index (χ1n) is 14.7. The van der Waals surface area contributed by atoms with Gasteiger partial charge < -0.3 is 5.32 Å². The van der Waals surface area contributed by atoms with E-state index in [4.69, 9.17) is 11.6 Å². The fourth-order valence-electron chi connectivity index (χ4n) is 8.20. The van der Waals surface area contributed by atoms with Gasteiger partial charge in [-0.15, -0.1) is 11.8 Å². The number of hydrogen-bond acceptors (Lipinski definition) is 6. The molecule has 7 unspecified atom stereocenters. The van der Waals surface area contributed by atoms with E-state index in [1.54, 1.807) is 16.3 Å². The molecule has 1 saturated heterocycles. The van der Waals surface area contributed by atoms with Gasteiger partial charge >= 0.3 is 4.87 Å². The number of thiazole rings is 1. The van der Waals surface area contributed by atoms with E-state index in [-0.39, 0.29) is 69.9 Å². The summed E-state index contributed by atoms with van der Waals surface area (Å²) in [5, 5.41) is 4.38. The summed E-state index contributed by atoms with van der Waals surface area (Å²) >= 11 is 9.09. The topological polar surface area (TPSA) is 88.5 Å². The van der Waals surface area contributed by atoms with E-state index in [1.165, 1.54) is 16.2 Å². The first-order valence-corrected chi connectivity index (χ1v) is 16.8. The van der Waals surface area contributed by atoms with Crippen LogP contribution >= 0.6 is 34.7 Å². The summed E-state index contributed by atoms with van der Waals surface area (Å²) in [6.07, 6.45) is 0.800. The quantitative estimate of drug-likeness (QED) is 0.263. The minimum atomic E-state index is -0.377. The van der Waals surface area contributed by atoms with Gasteiger partial charge in [-0.3, -0.25) is 28.6 Å². The van der Waals surface area contributed by atoms with Crippen molar-refractivity contribution in [2.75, 3.05) is 10.2 Å². The molecule has 0 spiro atoms. The molecule has 2 aliphatic heterocycles. The number of nitrogens with one attached hydrogen (secondary N) is 1. The number of hydrogen-bond donors (Lipinski definition) is 1. The zero-order valence-corrected chi connectivity index (χ0v) is 26.1.